The van der Waals surface area contributed by atoms with Crippen molar-refractivity contribution in [1.82, 2.24) is 31.5 Å². The van der Waals surface area contributed by atoms with E-state index in [-0.39, 0.29) is 43.9 Å². The van der Waals surface area contributed by atoms with E-state index >= 15 is 0 Å². The van der Waals surface area contributed by atoms with Crippen molar-refractivity contribution in [3.05, 3.63) is 65.7 Å². The molecule has 0 radical (unpaired) electrons. The summed E-state index contributed by atoms with van der Waals surface area (Å²) in [5, 5.41) is 50.4. The van der Waals surface area contributed by atoms with E-state index in [1.165, 1.54) is 29.2 Å². The van der Waals surface area contributed by atoms with Crippen molar-refractivity contribution in [2.45, 2.75) is 88.6 Å². The number of benzene rings is 2. The van der Waals surface area contributed by atoms with Gasteiger partial charge in [-0.3, -0.25) is 33.6 Å². The lowest BCUT2D eigenvalue weighted by Crippen LogP contribution is -2.60. The molecule has 19 nitrogen and oxygen atoms in total. The largest absolute Gasteiger partial charge is 0.508 e. The zero-order valence-corrected chi connectivity index (χ0v) is 31.7. The molecule has 0 saturated carbocycles. The van der Waals surface area contributed by atoms with Crippen LogP contribution in [0.4, 0.5) is 0 Å². The number of carboxylic acid groups (broad SMARTS) is 2. The lowest BCUT2D eigenvalue weighted by atomic mass is 10.0. The molecule has 0 aromatic heterocycles. The number of aliphatic hydroxyl groups excluding tert-OH is 1. The minimum absolute atomic E-state index is 0.0138. The van der Waals surface area contributed by atoms with Crippen molar-refractivity contribution in [3.63, 3.8) is 0 Å². The predicted molar refractivity (Wildman–Crippen MR) is 202 cm³/mol. The third-order valence-corrected chi connectivity index (χ3v) is 9.06. The summed E-state index contributed by atoms with van der Waals surface area (Å²) < 4.78 is 0. The van der Waals surface area contributed by atoms with E-state index in [1.807, 2.05) is 13.8 Å². The average Bonchev–Trinajstić information content (AvgIpc) is 3.66. The highest BCUT2D eigenvalue weighted by atomic mass is 16.4. The molecule has 1 heterocycles. The Balaban J connectivity index is 1.73. The van der Waals surface area contributed by atoms with Crippen molar-refractivity contribution in [2.24, 2.45) is 11.7 Å². The molecule has 3 rings (SSSR count). The van der Waals surface area contributed by atoms with E-state index < -0.39 is 103 Å². The first kappa shape index (κ1) is 45.3. The van der Waals surface area contributed by atoms with Crippen LogP contribution in [-0.4, -0.2) is 129 Å². The zero-order chi connectivity index (χ0) is 42.2. The molecule has 6 amide bonds. The van der Waals surface area contributed by atoms with Crippen molar-refractivity contribution in [2.75, 3.05) is 19.7 Å². The first-order valence-corrected chi connectivity index (χ1v) is 18.4. The van der Waals surface area contributed by atoms with Gasteiger partial charge in [-0.1, -0.05) is 56.3 Å². The van der Waals surface area contributed by atoms with E-state index in [4.69, 9.17) is 10.8 Å². The number of nitrogens with two attached hydrogens (primary N) is 1. The van der Waals surface area contributed by atoms with Crippen molar-refractivity contribution < 1.29 is 58.8 Å². The number of likely N-dealkylation sites (tertiary alicyclic amines) is 1. The van der Waals surface area contributed by atoms with Gasteiger partial charge in [0, 0.05) is 19.4 Å². The Labute approximate surface area is 328 Å². The van der Waals surface area contributed by atoms with Gasteiger partial charge in [0.15, 0.2) is 0 Å². The fraction of sp³-hybridized carbons (Fsp3) is 0.474. The van der Waals surface area contributed by atoms with Gasteiger partial charge in [0.25, 0.3) is 0 Å². The number of aliphatic hydroxyl groups is 1. The molecule has 11 N–H and O–H groups in total. The lowest BCUT2D eigenvalue weighted by Gasteiger charge is -2.31. The Hall–Kier alpha value is -6.08. The van der Waals surface area contributed by atoms with Crippen LogP contribution in [0.1, 0.15) is 50.7 Å². The number of amides is 6. The number of aromatic hydroxyl groups is 1. The number of carbonyl (C=O) groups excluding carboxylic acids is 6. The van der Waals surface area contributed by atoms with E-state index in [2.05, 4.69) is 26.6 Å². The van der Waals surface area contributed by atoms with E-state index in [0.717, 1.165) is 0 Å². The molecule has 0 unspecified atom stereocenters. The molecule has 2 aromatic carbocycles. The highest BCUT2D eigenvalue weighted by molar-refractivity contribution is 5.97. The summed E-state index contributed by atoms with van der Waals surface area (Å²) in [6, 6.07) is 6.41. The van der Waals surface area contributed by atoms with Gasteiger partial charge < -0.3 is 57.6 Å². The van der Waals surface area contributed by atoms with Crippen LogP contribution in [0.3, 0.4) is 0 Å². The summed E-state index contributed by atoms with van der Waals surface area (Å²) in [4.78, 5) is 104. The topological polar surface area (TPSA) is 307 Å². The number of aliphatic carboxylic acids is 2. The number of rotatable bonds is 21. The number of hydrogen-bond acceptors (Lipinski definition) is 11. The van der Waals surface area contributed by atoms with Crippen LogP contribution in [0.25, 0.3) is 0 Å². The maximum Gasteiger partial charge on any atom is 0.326 e. The zero-order valence-electron chi connectivity index (χ0n) is 31.7. The maximum atomic E-state index is 14.1. The van der Waals surface area contributed by atoms with Crippen LogP contribution in [0.15, 0.2) is 54.6 Å². The summed E-state index contributed by atoms with van der Waals surface area (Å²) in [6.07, 6.45) is -0.145. The van der Waals surface area contributed by atoms with Crippen LogP contribution < -0.4 is 32.3 Å². The molecule has 1 saturated heterocycles. The third-order valence-electron chi connectivity index (χ3n) is 9.06. The van der Waals surface area contributed by atoms with Crippen LogP contribution in [0.5, 0.6) is 5.75 Å². The molecule has 2 aromatic rings. The molecule has 1 fully saturated rings. The van der Waals surface area contributed by atoms with Gasteiger partial charge in [-0.05, 0) is 48.4 Å². The Morgan fingerprint density at radius 1 is 0.772 bits per heavy atom. The van der Waals surface area contributed by atoms with Crippen LogP contribution in [0, 0.1) is 5.92 Å². The van der Waals surface area contributed by atoms with Gasteiger partial charge in [-0.2, -0.15) is 0 Å². The number of phenolic OH excluding ortho intramolecular Hbond substituents is 1. The van der Waals surface area contributed by atoms with Gasteiger partial charge in [-0.25, -0.2) is 4.79 Å². The first-order chi connectivity index (χ1) is 27.0. The molecule has 1 aliphatic heterocycles. The Kier molecular flexibility index (Phi) is 17.4. The lowest BCUT2D eigenvalue weighted by molar-refractivity contribution is -0.143. The van der Waals surface area contributed by atoms with Crippen LogP contribution in [-0.2, 0) is 51.2 Å². The normalized spacial score (nSPS) is 16.3. The van der Waals surface area contributed by atoms with Crippen molar-refractivity contribution in [1.29, 1.82) is 0 Å². The van der Waals surface area contributed by atoms with E-state index in [1.54, 1.807) is 30.3 Å². The molecular weight excluding hydrogens is 746 g/mol. The van der Waals surface area contributed by atoms with Gasteiger partial charge in [-0.15, -0.1) is 0 Å². The second kappa shape index (κ2) is 21.9. The van der Waals surface area contributed by atoms with Crippen molar-refractivity contribution >= 4 is 47.4 Å². The van der Waals surface area contributed by atoms with E-state index in [0.29, 0.717) is 17.5 Å². The van der Waals surface area contributed by atoms with Crippen LogP contribution >= 0.6 is 0 Å². The minimum Gasteiger partial charge on any atom is -0.508 e. The van der Waals surface area contributed by atoms with Crippen LogP contribution in [0.2, 0.25) is 0 Å². The fourth-order valence-corrected chi connectivity index (χ4v) is 6.15. The van der Waals surface area contributed by atoms with Crippen molar-refractivity contribution in [3.8, 4) is 5.75 Å². The summed E-state index contributed by atoms with van der Waals surface area (Å²) in [5.74, 6) is -7.68. The smallest absolute Gasteiger partial charge is 0.326 e. The Morgan fingerprint density at radius 2 is 1.39 bits per heavy atom. The SMILES string of the molecule is CC(C)C[C@H](NC(=O)[C@@H]1CCCN1C(=O)[C@H](Cc1ccc(O)cc1)NC(=O)[C@H](CO)NC(=O)[C@@H](N)CC(=O)O)C(=O)NCC(=O)N[C@@H](Cc1ccccc1)C(=O)O. The monoisotopic (exact) mass is 797 g/mol. The fourth-order valence-electron chi connectivity index (χ4n) is 6.15. The third kappa shape index (κ3) is 14.5. The standard InChI is InChI=1S/C38H51N7O12/c1-21(2)15-26(34(52)40-19-31(48)41-28(38(56)57)17-22-7-4-3-5-8-22)42-36(54)30-9-6-14-45(30)37(55)27(16-23-10-12-24(47)13-11-23)43-35(53)29(20-46)44-33(51)25(39)18-32(49)50/h3-5,7-8,10-13,21,25-30,46-47H,6,9,14-20,39H2,1-2H3,(H,40,52)(H,41,48)(H,42,54)(H,43,53)(H,44,51)(H,49,50)(H,56,57)/t25-,26-,27-,28-,29-,30-/m0/s1. The van der Waals surface area contributed by atoms with E-state index in [9.17, 15) is 53.7 Å². The predicted octanol–water partition coefficient (Wildman–Crippen LogP) is -1.85. The van der Waals surface area contributed by atoms with Gasteiger partial charge >= 0.3 is 11.9 Å². The second-order valence-corrected chi connectivity index (χ2v) is 14.1. The molecule has 0 aliphatic carbocycles. The molecule has 0 spiro atoms. The summed E-state index contributed by atoms with van der Waals surface area (Å²) in [7, 11) is 0. The number of nitrogens with zero attached hydrogens (tertiary/aromatic N) is 1. The highest BCUT2D eigenvalue weighted by Gasteiger charge is 2.40. The quantitative estimate of drug-likeness (QED) is 0.0664. The molecule has 0 bridgehead atoms. The average molecular weight is 798 g/mol. The highest BCUT2D eigenvalue weighted by Crippen LogP contribution is 2.21. The van der Waals surface area contributed by atoms with Gasteiger partial charge in [0.1, 0.15) is 36.0 Å². The Morgan fingerprint density at radius 3 is 1.98 bits per heavy atom. The number of carboxylic acids is 2. The second-order valence-electron chi connectivity index (χ2n) is 14.1. The molecule has 1 aliphatic rings. The minimum atomic E-state index is -1.62. The number of hydrogen-bond donors (Lipinski definition) is 10. The molecule has 6 atom stereocenters. The molecule has 57 heavy (non-hydrogen) atoms. The molecule has 310 valence electrons. The summed E-state index contributed by atoms with van der Waals surface area (Å²) >= 11 is 0. The first-order valence-electron chi connectivity index (χ1n) is 18.4. The Bertz CT molecular complexity index is 1740. The molecular formula is C38H51N7O12. The summed E-state index contributed by atoms with van der Waals surface area (Å²) in [5.41, 5.74) is 6.76. The number of carbonyl (C=O) groups is 8. The van der Waals surface area contributed by atoms with Gasteiger partial charge in [0.2, 0.25) is 35.4 Å². The van der Waals surface area contributed by atoms with Gasteiger partial charge in [0.05, 0.1) is 25.6 Å². The molecule has 19 heteroatoms. The number of nitrogens with one attached hydrogen (secondary N) is 5. The summed E-state index contributed by atoms with van der Waals surface area (Å²) in [6.45, 7) is 2.21. The number of phenols is 1. The maximum absolute atomic E-state index is 14.1.